The zero-order valence-electron chi connectivity index (χ0n) is 15.3. The molecule has 0 amide bonds. The minimum absolute atomic E-state index is 0.109. The van der Waals surface area contributed by atoms with Gasteiger partial charge in [0.2, 0.25) is 0 Å². The number of carboxylic acid groups (broad SMARTS) is 1. The Morgan fingerprint density at radius 2 is 2.00 bits per heavy atom. The third kappa shape index (κ3) is 4.15. The van der Waals surface area contributed by atoms with E-state index in [0.29, 0.717) is 22.5 Å². The van der Waals surface area contributed by atoms with Gasteiger partial charge in [-0.05, 0) is 25.1 Å². The van der Waals surface area contributed by atoms with E-state index >= 15 is 0 Å². The number of thiol groups is 2. The number of hydrogen-bond donors (Lipinski definition) is 4. The van der Waals surface area contributed by atoms with Crippen LogP contribution >= 0.6 is 25.3 Å². The first-order valence-corrected chi connectivity index (χ1v) is 9.17. The Morgan fingerprint density at radius 3 is 2.59 bits per heavy atom. The number of carbonyl (C=O) groups is 1. The second-order valence-corrected chi connectivity index (χ2v) is 8.29. The van der Waals surface area contributed by atoms with E-state index in [9.17, 15) is 23.1 Å². The smallest absolute Gasteiger partial charge is 0.416 e. The van der Waals surface area contributed by atoms with Crippen LogP contribution in [0.3, 0.4) is 0 Å². The molecule has 11 heteroatoms. The molecule has 6 nitrogen and oxygen atoms in total. The number of carboxylic acids is 1. The highest BCUT2D eigenvalue weighted by atomic mass is 32.2. The largest absolute Gasteiger partial charge is 0.496 e. The molecule has 0 aliphatic heterocycles. The van der Waals surface area contributed by atoms with Crippen molar-refractivity contribution in [2.75, 3.05) is 7.11 Å². The molecule has 1 aromatic carbocycles. The van der Waals surface area contributed by atoms with Crippen LogP contribution in [-0.2, 0) is 17.4 Å². The summed E-state index contributed by atoms with van der Waals surface area (Å²) in [6.07, 6.45) is -3.00. The Bertz CT molecular complexity index is 1100. The lowest BCUT2D eigenvalue weighted by atomic mass is 10.1. The van der Waals surface area contributed by atoms with Gasteiger partial charge in [0.15, 0.2) is 9.60 Å². The lowest BCUT2D eigenvalue weighted by Gasteiger charge is -2.20. The van der Waals surface area contributed by atoms with Crippen LogP contribution < -0.4 is 9.30 Å². The number of aromatic nitrogens is 3. The first-order chi connectivity index (χ1) is 13.4. The van der Waals surface area contributed by atoms with Crippen LogP contribution in [0.15, 0.2) is 30.5 Å². The second-order valence-electron chi connectivity index (χ2n) is 6.41. The van der Waals surface area contributed by atoms with E-state index in [-0.39, 0.29) is 17.9 Å². The van der Waals surface area contributed by atoms with Gasteiger partial charge < -0.3 is 9.84 Å². The molecule has 3 rings (SSSR count). The number of methoxy groups -OCH3 is 1. The van der Waals surface area contributed by atoms with Gasteiger partial charge in [0.25, 0.3) is 0 Å². The number of H-pyrrole nitrogens is 1. The van der Waals surface area contributed by atoms with Crippen LogP contribution in [-0.4, -0.2) is 32.2 Å². The number of fused-ring (bicyclic) bond motifs is 1. The molecule has 0 atom stereocenters. The Morgan fingerprint density at radius 1 is 1.31 bits per heavy atom. The minimum atomic E-state index is -4.48. The van der Waals surface area contributed by atoms with Gasteiger partial charge in [0.05, 0.1) is 24.6 Å². The van der Waals surface area contributed by atoms with Gasteiger partial charge in [-0.25, -0.2) is 14.3 Å². The summed E-state index contributed by atoms with van der Waals surface area (Å²) >= 11 is 8.23. The van der Waals surface area contributed by atoms with Crippen molar-refractivity contribution in [3.05, 3.63) is 47.3 Å². The van der Waals surface area contributed by atoms with E-state index < -0.39 is 21.8 Å². The van der Waals surface area contributed by atoms with Gasteiger partial charge in [-0.15, -0.1) is 25.3 Å². The number of alkyl halides is 3. The first kappa shape index (κ1) is 21.3. The highest BCUT2D eigenvalue weighted by molar-refractivity contribution is 8.01. The summed E-state index contributed by atoms with van der Waals surface area (Å²) in [5.41, 5.74) is 0.836. The predicted octanol–water partition coefficient (Wildman–Crippen LogP) is 3.36. The zero-order chi connectivity index (χ0) is 21.6. The van der Waals surface area contributed by atoms with Crippen molar-refractivity contribution in [3.63, 3.8) is 0 Å². The molecule has 154 valence electrons. The summed E-state index contributed by atoms with van der Waals surface area (Å²) in [4.78, 5) is 18.7. The highest BCUT2D eigenvalue weighted by Gasteiger charge is 2.35. The van der Waals surface area contributed by atoms with Crippen LogP contribution in [0.4, 0.5) is 13.2 Å². The predicted molar refractivity (Wildman–Crippen MR) is 106 cm³/mol. The van der Waals surface area contributed by atoms with Crippen molar-refractivity contribution in [1.29, 1.82) is 0 Å². The Kier molecular flexibility index (Phi) is 5.48. The topological polar surface area (TPSA) is 79.1 Å². The van der Waals surface area contributed by atoms with E-state index in [0.717, 1.165) is 12.1 Å². The van der Waals surface area contributed by atoms with Crippen molar-refractivity contribution < 1.29 is 32.4 Å². The molecule has 0 bridgehead atoms. The molecule has 29 heavy (non-hydrogen) atoms. The SMILES string of the molecule is COc1cc[n+](-c2nc3ccc(C(F)(F)F)cc3[nH]2)c(CC(S)(S)C(=O)O)c1C. The number of pyridine rings is 1. The zero-order valence-corrected chi connectivity index (χ0v) is 17.1. The molecule has 2 heterocycles. The van der Waals surface area contributed by atoms with Gasteiger partial charge in [-0.2, -0.15) is 13.2 Å². The molecule has 0 spiro atoms. The number of aromatic amines is 1. The molecule has 0 aliphatic rings. The van der Waals surface area contributed by atoms with Crippen LogP contribution in [0.2, 0.25) is 0 Å². The number of aliphatic carboxylic acids is 1. The summed E-state index contributed by atoms with van der Waals surface area (Å²) in [5.74, 6) is -0.505. The Hall–Kier alpha value is -2.40. The average Bonchev–Trinajstić information content (AvgIpc) is 3.05. The molecule has 0 saturated carbocycles. The molecule has 0 aliphatic carbocycles. The quantitative estimate of drug-likeness (QED) is 0.277. The molecular weight excluding hydrogens is 427 g/mol. The highest BCUT2D eigenvalue weighted by Crippen LogP contribution is 2.32. The summed E-state index contributed by atoms with van der Waals surface area (Å²) in [6.45, 7) is 1.73. The lowest BCUT2D eigenvalue weighted by molar-refractivity contribution is -0.612. The van der Waals surface area contributed by atoms with E-state index in [1.165, 1.54) is 13.2 Å². The third-order valence-electron chi connectivity index (χ3n) is 4.47. The summed E-state index contributed by atoms with van der Waals surface area (Å²) < 4.78 is 44.1. The molecule has 3 aromatic rings. The van der Waals surface area contributed by atoms with E-state index in [2.05, 4.69) is 35.2 Å². The molecular formula is C18H17F3N3O3S2+. The molecule has 2 N–H and O–H groups in total. The Labute approximate surface area is 174 Å². The maximum absolute atomic E-state index is 13.0. The number of hydrogen-bond acceptors (Lipinski definition) is 5. The number of rotatable bonds is 5. The average molecular weight is 444 g/mol. The van der Waals surface area contributed by atoms with E-state index in [1.807, 2.05) is 0 Å². The van der Waals surface area contributed by atoms with Gasteiger partial charge in [0, 0.05) is 18.1 Å². The first-order valence-electron chi connectivity index (χ1n) is 8.27. The maximum Gasteiger partial charge on any atom is 0.416 e. The van der Waals surface area contributed by atoms with E-state index in [4.69, 9.17) is 4.74 Å². The standard InChI is InChI=1S/C18H16F3N3O3S2/c1-9-13(8-17(28,29)15(25)26)24(6-5-14(9)27-2)16-22-11-4-3-10(18(19,20)21)7-12(11)23-16/h3-7H,8H2,1-2H3,(H3-,22,23,25,26,28,29)/p+1. The van der Waals surface area contributed by atoms with Crippen molar-refractivity contribution >= 4 is 42.3 Å². The molecule has 0 unspecified atom stereocenters. The second kappa shape index (κ2) is 7.45. The Balaban J connectivity index is 2.17. The minimum Gasteiger partial charge on any atom is -0.496 e. The van der Waals surface area contributed by atoms with Crippen molar-refractivity contribution in [3.8, 4) is 11.7 Å². The number of nitrogens with one attached hydrogen (secondary N) is 1. The van der Waals surface area contributed by atoms with Gasteiger partial charge in [-0.3, -0.25) is 0 Å². The normalized spacial score (nSPS) is 12.4. The third-order valence-corrected chi connectivity index (χ3v) is 5.17. The lowest BCUT2D eigenvalue weighted by Crippen LogP contribution is -2.42. The molecule has 2 aromatic heterocycles. The fourth-order valence-electron chi connectivity index (χ4n) is 2.91. The fourth-order valence-corrected chi connectivity index (χ4v) is 3.21. The number of nitrogens with zero attached hydrogens (tertiary/aromatic N) is 2. The van der Waals surface area contributed by atoms with Crippen LogP contribution in [0.5, 0.6) is 5.75 Å². The number of ether oxygens (including phenoxy) is 1. The number of benzene rings is 1. The van der Waals surface area contributed by atoms with Gasteiger partial charge >= 0.3 is 18.1 Å². The summed E-state index contributed by atoms with van der Waals surface area (Å²) in [6, 6.07) is 4.84. The molecule has 0 radical (unpaired) electrons. The summed E-state index contributed by atoms with van der Waals surface area (Å²) in [7, 11) is 1.47. The number of imidazole rings is 1. The summed E-state index contributed by atoms with van der Waals surface area (Å²) in [5, 5.41) is 9.38. The van der Waals surface area contributed by atoms with Crippen molar-refractivity contribution in [1.82, 2.24) is 9.97 Å². The van der Waals surface area contributed by atoms with Gasteiger partial charge in [0.1, 0.15) is 11.3 Å². The van der Waals surface area contributed by atoms with Crippen molar-refractivity contribution in [2.24, 2.45) is 0 Å². The van der Waals surface area contributed by atoms with Gasteiger partial charge in [-0.1, -0.05) is 4.98 Å². The van der Waals surface area contributed by atoms with E-state index in [1.54, 1.807) is 23.8 Å². The number of halogens is 3. The van der Waals surface area contributed by atoms with Crippen LogP contribution in [0.25, 0.3) is 17.0 Å². The fraction of sp³-hybridized carbons (Fsp3) is 0.278. The van der Waals surface area contributed by atoms with Crippen molar-refractivity contribution in [2.45, 2.75) is 23.6 Å². The maximum atomic E-state index is 13.0. The molecule has 0 saturated heterocycles. The van der Waals surface area contributed by atoms with Crippen LogP contribution in [0, 0.1) is 6.92 Å². The molecule has 0 fully saturated rings. The monoisotopic (exact) mass is 444 g/mol. The van der Waals surface area contributed by atoms with Crippen LogP contribution in [0.1, 0.15) is 16.8 Å².